The molecule has 4 nitrogen and oxygen atoms in total. The molecule has 1 saturated carbocycles. The van der Waals surface area contributed by atoms with Gasteiger partial charge < -0.3 is 9.64 Å². The zero-order chi connectivity index (χ0) is 14.1. The maximum atomic E-state index is 12.5. The molecule has 2 fully saturated rings. The van der Waals surface area contributed by atoms with Gasteiger partial charge >= 0.3 is 0 Å². The van der Waals surface area contributed by atoms with E-state index in [1.165, 1.54) is 12.8 Å². The summed E-state index contributed by atoms with van der Waals surface area (Å²) >= 11 is 3.43. The molecule has 0 radical (unpaired) electrons. The van der Waals surface area contributed by atoms with Crippen LogP contribution in [0.5, 0.6) is 5.75 Å². The Hall–Kier alpha value is -1.07. The van der Waals surface area contributed by atoms with Crippen molar-refractivity contribution in [1.82, 2.24) is 9.80 Å². The first-order valence-corrected chi connectivity index (χ1v) is 7.85. The van der Waals surface area contributed by atoms with Gasteiger partial charge in [-0.1, -0.05) is 0 Å². The molecule has 108 valence electrons. The highest BCUT2D eigenvalue weighted by Gasteiger charge is 2.32. The highest BCUT2D eigenvalue weighted by atomic mass is 79.9. The number of hydrogen-bond acceptors (Lipinski definition) is 3. The number of nitrogens with zero attached hydrogens (tertiary/aromatic N) is 2. The summed E-state index contributed by atoms with van der Waals surface area (Å²) in [4.78, 5) is 16.9. The largest absolute Gasteiger partial charge is 0.496 e. The Morgan fingerprint density at radius 3 is 2.50 bits per heavy atom. The molecule has 0 unspecified atom stereocenters. The molecule has 1 aliphatic heterocycles. The SMILES string of the molecule is COc1ccc(C(=O)N2CCN(C3CC3)CC2)cc1Br. The van der Waals surface area contributed by atoms with Crippen LogP contribution >= 0.6 is 15.9 Å². The van der Waals surface area contributed by atoms with Crippen molar-refractivity contribution < 1.29 is 9.53 Å². The lowest BCUT2D eigenvalue weighted by atomic mass is 10.1. The minimum Gasteiger partial charge on any atom is -0.496 e. The summed E-state index contributed by atoms with van der Waals surface area (Å²) < 4.78 is 6.02. The number of hydrogen-bond donors (Lipinski definition) is 0. The maximum Gasteiger partial charge on any atom is 0.253 e. The normalized spacial score (nSPS) is 20.0. The van der Waals surface area contributed by atoms with Crippen LogP contribution in [-0.2, 0) is 0 Å². The number of carbonyl (C=O) groups is 1. The van der Waals surface area contributed by atoms with Gasteiger partial charge in [-0.05, 0) is 47.0 Å². The van der Waals surface area contributed by atoms with Crippen molar-refractivity contribution in [3.8, 4) is 5.75 Å². The van der Waals surface area contributed by atoms with Crippen LogP contribution in [0.15, 0.2) is 22.7 Å². The molecule has 5 heteroatoms. The van der Waals surface area contributed by atoms with Crippen molar-refractivity contribution >= 4 is 21.8 Å². The molecule has 1 saturated heterocycles. The average Bonchev–Trinajstić information content (AvgIpc) is 3.31. The molecule has 1 heterocycles. The predicted octanol–water partition coefficient (Wildman–Crippen LogP) is 2.38. The van der Waals surface area contributed by atoms with Gasteiger partial charge in [0.1, 0.15) is 5.75 Å². The average molecular weight is 339 g/mol. The van der Waals surface area contributed by atoms with Crippen LogP contribution in [0.3, 0.4) is 0 Å². The van der Waals surface area contributed by atoms with Crippen LogP contribution in [0, 0.1) is 0 Å². The number of ether oxygens (including phenoxy) is 1. The highest BCUT2D eigenvalue weighted by molar-refractivity contribution is 9.10. The smallest absolute Gasteiger partial charge is 0.253 e. The fourth-order valence-corrected chi connectivity index (χ4v) is 3.25. The predicted molar refractivity (Wildman–Crippen MR) is 81.2 cm³/mol. The summed E-state index contributed by atoms with van der Waals surface area (Å²) in [5, 5.41) is 0. The van der Waals surface area contributed by atoms with Crippen LogP contribution < -0.4 is 4.74 Å². The zero-order valence-corrected chi connectivity index (χ0v) is 13.2. The van der Waals surface area contributed by atoms with Gasteiger partial charge in [0, 0.05) is 37.8 Å². The Morgan fingerprint density at radius 2 is 1.95 bits per heavy atom. The summed E-state index contributed by atoms with van der Waals surface area (Å²) in [7, 11) is 1.62. The highest BCUT2D eigenvalue weighted by Crippen LogP contribution is 2.28. The van der Waals surface area contributed by atoms with E-state index in [1.807, 2.05) is 23.1 Å². The first-order valence-electron chi connectivity index (χ1n) is 7.06. The molecule has 0 bridgehead atoms. The molecule has 20 heavy (non-hydrogen) atoms. The molecule has 0 N–H and O–H groups in total. The molecule has 0 atom stereocenters. The Bertz CT molecular complexity index is 509. The van der Waals surface area contributed by atoms with E-state index in [9.17, 15) is 4.79 Å². The van der Waals surface area contributed by atoms with Crippen molar-refractivity contribution in [2.45, 2.75) is 18.9 Å². The van der Waals surface area contributed by atoms with Gasteiger partial charge in [-0.25, -0.2) is 0 Å². The fourth-order valence-electron chi connectivity index (χ4n) is 2.71. The molecule has 0 spiro atoms. The topological polar surface area (TPSA) is 32.8 Å². The van der Waals surface area contributed by atoms with Gasteiger partial charge in [-0.3, -0.25) is 9.69 Å². The number of benzene rings is 1. The lowest BCUT2D eigenvalue weighted by molar-refractivity contribution is 0.0627. The third-order valence-electron chi connectivity index (χ3n) is 4.06. The van der Waals surface area contributed by atoms with Crippen molar-refractivity contribution in [2.24, 2.45) is 0 Å². The first kappa shape index (κ1) is 13.9. The number of methoxy groups -OCH3 is 1. The fraction of sp³-hybridized carbons (Fsp3) is 0.533. The van der Waals surface area contributed by atoms with Gasteiger partial charge in [0.2, 0.25) is 0 Å². The lowest BCUT2D eigenvalue weighted by Gasteiger charge is -2.34. The van der Waals surface area contributed by atoms with E-state index in [4.69, 9.17) is 4.74 Å². The molecule has 3 rings (SSSR count). The Balaban J connectivity index is 1.65. The van der Waals surface area contributed by atoms with E-state index >= 15 is 0 Å². The summed E-state index contributed by atoms with van der Waals surface area (Å²) in [5.41, 5.74) is 0.720. The summed E-state index contributed by atoms with van der Waals surface area (Å²) in [6.45, 7) is 3.68. The standard InChI is InChI=1S/C15H19BrN2O2/c1-20-14-5-2-11(10-13(14)16)15(19)18-8-6-17(7-9-18)12-3-4-12/h2,5,10,12H,3-4,6-9H2,1H3. The molecular formula is C15H19BrN2O2. The van der Waals surface area contributed by atoms with Gasteiger partial charge in [-0.15, -0.1) is 0 Å². The van der Waals surface area contributed by atoms with Crippen LogP contribution in [-0.4, -0.2) is 55.0 Å². The van der Waals surface area contributed by atoms with E-state index in [-0.39, 0.29) is 5.91 Å². The van der Waals surface area contributed by atoms with Gasteiger partial charge in [0.05, 0.1) is 11.6 Å². The molecule has 2 aliphatic rings. The number of carbonyl (C=O) groups excluding carboxylic acids is 1. The van der Waals surface area contributed by atoms with Crippen molar-refractivity contribution in [3.05, 3.63) is 28.2 Å². The molecule has 1 amide bonds. The second-order valence-electron chi connectivity index (χ2n) is 5.41. The molecular weight excluding hydrogens is 320 g/mol. The van der Waals surface area contributed by atoms with Crippen LogP contribution in [0.4, 0.5) is 0 Å². The number of piperazine rings is 1. The van der Waals surface area contributed by atoms with E-state index in [1.54, 1.807) is 7.11 Å². The second kappa shape index (κ2) is 5.74. The monoisotopic (exact) mass is 338 g/mol. The number of amides is 1. The quantitative estimate of drug-likeness (QED) is 0.848. The zero-order valence-electron chi connectivity index (χ0n) is 11.6. The van der Waals surface area contributed by atoms with E-state index in [0.29, 0.717) is 0 Å². The van der Waals surface area contributed by atoms with E-state index in [0.717, 1.165) is 48.0 Å². The van der Waals surface area contributed by atoms with Crippen LogP contribution in [0.1, 0.15) is 23.2 Å². The van der Waals surface area contributed by atoms with Crippen molar-refractivity contribution in [3.63, 3.8) is 0 Å². The Kier molecular flexibility index (Phi) is 3.98. The lowest BCUT2D eigenvalue weighted by Crippen LogP contribution is -2.49. The van der Waals surface area contributed by atoms with E-state index in [2.05, 4.69) is 20.8 Å². The van der Waals surface area contributed by atoms with Gasteiger partial charge in [0.25, 0.3) is 5.91 Å². The minimum atomic E-state index is 0.115. The first-order chi connectivity index (χ1) is 9.69. The maximum absolute atomic E-state index is 12.5. The second-order valence-corrected chi connectivity index (χ2v) is 6.26. The molecule has 1 aromatic carbocycles. The Morgan fingerprint density at radius 1 is 1.25 bits per heavy atom. The molecule has 1 aliphatic carbocycles. The molecule has 1 aromatic rings. The minimum absolute atomic E-state index is 0.115. The summed E-state index contributed by atoms with van der Waals surface area (Å²) in [6, 6.07) is 6.30. The Labute approximate surface area is 127 Å². The summed E-state index contributed by atoms with van der Waals surface area (Å²) in [6.07, 6.45) is 2.67. The van der Waals surface area contributed by atoms with E-state index < -0.39 is 0 Å². The summed E-state index contributed by atoms with van der Waals surface area (Å²) in [5.74, 6) is 0.865. The third kappa shape index (κ3) is 2.83. The van der Waals surface area contributed by atoms with Gasteiger partial charge in [-0.2, -0.15) is 0 Å². The number of rotatable bonds is 3. The third-order valence-corrected chi connectivity index (χ3v) is 4.68. The van der Waals surface area contributed by atoms with Crippen LogP contribution in [0.25, 0.3) is 0 Å². The number of halogens is 1. The van der Waals surface area contributed by atoms with Crippen molar-refractivity contribution in [1.29, 1.82) is 0 Å². The molecule has 0 aromatic heterocycles. The van der Waals surface area contributed by atoms with Crippen LogP contribution in [0.2, 0.25) is 0 Å². The van der Waals surface area contributed by atoms with Gasteiger partial charge in [0.15, 0.2) is 0 Å². The van der Waals surface area contributed by atoms with Crippen molar-refractivity contribution in [2.75, 3.05) is 33.3 Å².